The van der Waals surface area contributed by atoms with Crippen molar-refractivity contribution in [1.29, 1.82) is 0 Å². The summed E-state index contributed by atoms with van der Waals surface area (Å²) in [4.78, 5) is 2.40. The molecule has 5 nitrogen and oxygen atoms in total. The molecule has 118 valence electrons. The van der Waals surface area contributed by atoms with Gasteiger partial charge in [-0.05, 0) is 31.5 Å². The zero-order valence-electron chi connectivity index (χ0n) is 12.0. The Bertz CT molecular complexity index is 583. The first-order chi connectivity index (χ1) is 9.98. The number of aryl methyl sites for hydroxylation is 1. The quantitative estimate of drug-likeness (QED) is 0.895. The maximum Gasteiger partial charge on any atom is 0.252 e. The molecule has 1 N–H and O–H groups in total. The fourth-order valence-electron chi connectivity index (χ4n) is 2.95. The summed E-state index contributed by atoms with van der Waals surface area (Å²) >= 11 is 7.16. The van der Waals surface area contributed by atoms with Crippen LogP contribution in [0.15, 0.2) is 10.3 Å². The van der Waals surface area contributed by atoms with Gasteiger partial charge in [0.05, 0.1) is 4.34 Å². The molecule has 2 saturated heterocycles. The van der Waals surface area contributed by atoms with Crippen molar-refractivity contribution in [2.45, 2.75) is 23.6 Å². The topological polar surface area (TPSA) is 52.7 Å². The van der Waals surface area contributed by atoms with Crippen LogP contribution in [0.5, 0.6) is 0 Å². The van der Waals surface area contributed by atoms with E-state index in [2.05, 4.69) is 10.2 Å². The molecule has 0 radical (unpaired) electrons. The first-order valence-corrected chi connectivity index (χ1v) is 9.83. The summed E-state index contributed by atoms with van der Waals surface area (Å²) in [7, 11) is -3.39. The molecule has 0 aromatic carbocycles. The van der Waals surface area contributed by atoms with E-state index < -0.39 is 10.0 Å². The van der Waals surface area contributed by atoms with Crippen molar-refractivity contribution in [3.8, 4) is 0 Å². The number of hydrogen-bond donors (Lipinski definition) is 1. The van der Waals surface area contributed by atoms with Crippen LogP contribution < -0.4 is 5.32 Å². The van der Waals surface area contributed by atoms with Gasteiger partial charge in [-0.1, -0.05) is 11.6 Å². The Morgan fingerprint density at radius 3 is 2.57 bits per heavy atom. The van der Waals surface area contributed by atoms with E-state index in [1.54, 1.807) is 10.4 Å². The van der Waals surface area contributed by atoms with Crippen molar-refractivity contribution in [2.75, 3.05) is 39.3 Å². The second kappa shape index (κ2) is 6.14. The molecular weight excluding hydrogens is 330 g/mol. The number of hydrogen-bond acceptors (Lipinski definition) is 5. The predicted octanol–water partition coefficient (Wildman–Crippen LogP) is 1.38. The van der Waals surface area contributed by atoms with Crippen molar-refractivity contribution in [2.24, 2.45) is 0 Å². The largest absolute Gasteiger partial charge is 0.315 e. The van der Waals surface area contributed by atoms with Crippen LogP contribution in [-0.4, -0.2) is 62.9 Å². The minimum absolute atomic E-state index is 0.362. The van der Waals surface area contributed by atoms with E-state index in [9.17, 15) is 8.42 Å². The Labute approximate surface area is 134 Å². The van der Waals surface area contributed by atoms with Crippen LogP contribution in [0.25, 0.3) is 0 Å². The molecule has 1 aromatic rings. The van der Waals surface area contributed by atoms with Crippen molar-refractivity contribution in [1.82, 2.24) is 14.5 Å². The SMILES string of the molecule is Cc1cc(S(=O)(=O)N2CCN(C3CCNC3)CC2)sc1Cl. The first-order valence-electron chi connectivity index (χ1n) is 7.19. The number of nitrogens with one attached hydrogen (secondary N) is 1. The molecule has 0 aliphatic carbocycles. The van der Waals surface area contributed by atoms with Crippen LogP contribution in [0.2, 0.25) is 4.34 Å². The number of sulfonamides is 1. The molecule has 21 heavy (non-hydrogen) atoms. The smallest absolute Gasteiger partial charge is 0.252 e. The number of halogens is 1. The lowest BCUT2D eigenvalue weighted by atomic mass is 10.2. The molecule has 0 bridgehead atoms. The molecule has 0 spiro atoms. The van der Waals surface area contributed by atoms with Crippen LogP contribution in [0.3, 0.4) is 0 Å². The molecular formula is C13H20ClN3O2S2. The van der Waals surface area contributed by atoms with Gasteiger partial charge in [0.1, 0.15) is 4.21 Å². The lowest BCUT2D eigenvalue weighted by molar-refractivity contribution is 0.145. The van der Waals surface area contributed by atoms with E-state index in [1.165, 1.54) is 0 Å². The number of piperazine rings is 1. The third kappa shape index (κ3) is 3.13. The molecule has 1 unspecified atom stereocenters. The molecule has 3 rings (SSSR count). The lowest BCUT2D eigenvalue weighted by Gasteiger charge is -2.36. The highest BCUT2D eigenvalue weighted by molar-refractivity contribution is 7.91. The molecule has 1 aromatic heterocycles. The Morgan fingerprint density at radius 1 is 1.33 bits per heavy atom. The monoisotopic (exact) mass is 349 g/mol. The Balaban J connectivity index is 1.68. The van der Waals surface area contributed by atoms with E-state index in [0.717, 1.165) is 49.5 Å². The second-order valence-corrected chi connectivity index (χ2v) is 9.43. The molecule has 2 fully saturated rings. The maximum atomic E-state index is 12.6. The number of thiophene rings is 1. The lowest BCUT2D eigenvalue weighted by Crippen LogP contribution is -2.52. The van der Waals surface area contributed by atoms with Crippen molar-refractivity contribution in [3.05, 3.63) is 16.0 Å². The van der Waals surface area contributed by atoms with Crippen molar-refractivity contribution < 1.29 is 8.42 Å². The van der Waals surface area contributed by atoms with Gasteiger partial charge in [0, 0.05) is 38.8 Å². The molecule has 0 saturated carbocycles. The molecule has 0 amide bonds. The van der Waals surface area contributed by atoms with Gasteiger partial charge < -0.3 is 5.32 Å². The second-order valence-electron chi connectivity index (χ2n) is 5.61. The van der Waals surface area contributed by atoms with Gasteiger partial charge in [0.2, 0.25) is 0 Å². The Kier molecular flexibility index (Phi) is 4.59. The molecule has 2 aliphatic rings. The number of nitrogens with zero attached hydrogens (tertiary/aromatic N) is 2. The van der Waals surface area contributed by atoms with E-state index in [-0.39, 0.29) is 0 Å². The standard InChI is InChI=1S/C13H20ClN3O2S2/c1-10-8-12(20-13(10)14)21(18,19)17-6-4-16(5-7-17)11-2-3-15-9-11/h8,11,15H,2-7,9H2,1H3. The van der Waals surface area contributed by atoms with Crippen LogP contribution in [0.4, 0.5) is 0 Å². The van der Waals surface area contributed by atoms with Gasteiger partial charge in [-0.15, -0.1) is 11.3 Å². The Hall–Kier alpha value is -0.180. The highest BCUT2D eigenvalue weighted by Crippen LogP contribution is 2.32. The minimum Gasteiger partial charge on any atom is -0.315 e. The number of rotatable bonds is 3. The summed E-state index contributed by atoms with van der Waals surface area (Å²) in [5.41, 5.74) is 0.830. The summed E-state index contributed by atoms with van der Waals surface area (Å²) in [5, 5.41) is 3.36. The fourth-order valence-corrected chi connectivity index (χ4v) is 6.23. The summed E-state index contributed by atoms with van der Waals surface area (Å²) in [6.07, 6.45) is 1.16. The summed E-state index contributed by atoms with van der Waals surface area (Å²) in [6.45, 7) is 6.67. The first kappa shape index (κ1) is 15.7. The van der Waals surface area contributed by atoms with Crippen LogP contribution in [-0.2, 0) is 10.0 Å². The third-order valence-electron chi connectivity index (χ3n) is 4.25. The highest BCUT2D eigenvalue weighted by atomic mass is 35.5. The summed E-state index contributed by atoms with van der Waals surface area (Å²) in [5.74, 6) is 0. The molecule has 8 heteroatoms. The highest BCUT2D eigenvalue weighted by Gasteiger charge is 2.32. The normalized spacial score (nSPS) is 25.5. The predicted molar refractivity (Wildman–Crippen MR) is 85.7 cm³/mol. The van der Waals surface area contributed by atoms with Crippen molar-refractivity contribution >= 4 is 33.0 Å². The molecule has 3 heterocycles. The van der Waals surface area contributed by atoms with Gasteiger partial charge in [-0.2, -0.15) is 4.31 Å². The van der Waals surface area contributed by atoms with Gasteiger partial charge in [0.15, 0.2) is 0 Å². The van der Waals surface area contributed by atoms with Crippen LogP contribution in [0.1, 0.15) is 12.0 Å². The van der Waals surface area contributed by atoms with Gasteiger partial charge in [0.25, 0.3) is 10.0 Å². The van der Waals surface area contributed by atoms with Crippen LogP contribution >= 0.6 is 22.9 Å². The minimum atomic E-state index is -3.39. The third-order valence-corrected chi connectivity index (χ3v) is 8.16. The van der Waals surface area contributed by atoms with Gasteiger partial charge >= 0.3 is 0 Å². The van der Waals surface area contributed by atoms with E-state index in [0.29, 0.717) is 27.7 Å². The average Bonchev–Trinajstić information content (AvgIpc) is 3.10. The zero-order valence-corrected chi connectivity index (χ0v) is 14.4. The molecule has 1 atom stereocenters. The summed E-state index contributed by atoms with van der Waals surface area (Å²) < 4.78 is 27.8. The van der Waals surface area contributed by atoms with Crippen molar-refractivity contribution in [3.63, 3.8) is 0 Å². The maximum absolute atomic E-state index is 12.6. The van der Waals surface area contributed by atoms with E-state index >= 15 is 0 Å². The van der Waals surface area contributed by atoms with Crippen LogP contribution in [0, 0.1) is 6.92 Å². The van der Waals surface area contributed by atoms with E-state index in [1.807, 2.05) is 6.92 Å². The Morgan fingerprint density at radius 2 is 2.05 bits per heavy atom. The van der Waals surface area contributed by atoms with Gasteiger partial charge in [-0.3, -0.25) is 4.90 Å². The fraction of sp³-hybridized carbons (Fsp3) is 0.692. The van der Waals surface area contributed by atoms with Gasteiger partial charge in [-0.25, -0.2) is 8.42 Å². The zero-order chi connectivity index (χ0) is 15.0. The summed E-state index contributed by atoms with van der Waals surface area (Å²) in [6, 6.07) is 2.24. The average molecular weight is 350 g/mol. The molecule has 2 aliphatic heterocycles. The van der Waals surface area contributed by atoms with E-state index in [4.69, 9.17) is 11.6 Å².